The van der Waals surface area contributed by atoms with E-state index < -0.39 is 0 Å². The lowest BCUT2D eigenvalue weighted by Crippen LogP contribution is -2.29. The summed E-state index contributed by atoms with van der Waals surface area (Å²) in [7, 11) is 0. The zero-order valence-corrected chi connectivity index (χ0v) is 15.9. The summed E-state index contributed by atoms with van der Waals surface area (Å²) >= 11 is 1.54. The Bertz CT molecular complexity index is 920. The normalized spacial score (nSPS) is 14.0. The number of thiazole rings is 1. The molecule has 7 heteroatoms. The molecule has 1 N–H and O–H groups in total. The molecule has 3 heterocycles. The molecule has 1 aliphatic heterocycles. The topological polar surface area (TPSA) is 67.6 Å². The number of para-hydroxylation sites is 1. The van der Waals surface area contributed by atoms with Crippen LogP contribution in [0, 0.1) is 0 Å². The van der Waals surface area contributed by atoms with Crippen molar-refractivity contribution in [3.63, 3.8) is 0 Å². The Morgan fingerprint density at radius 2 is 2.19 bits per heavy atom. The predicted molar refractivity (Wildman–Crippen MR) is 104 cm³/mol. The first-order valence-corrected chi connectivity index (χ1v) is 9.81. The second-order valence-corrected chi connectivity index (χ2v) is 7.42. The molecule has 2 aromatic heterocycles. The fraction of sp³-hybridized carbons (Fsp3) is 0.300. The van der Waals surface area contributed by atoms with E-state index in [0.29, 0.717) is 10.7 Å². The van der Waals surface area contributed by atoms with E-state index in [0.717, 1.165) is 37.5 Å². The van der Waals surface area contributed by atoms with Crippen molar-refractivity contribution in [1.82, 2.24) is 9.88 Å². The number of rotatable bonds is 6. The summed E-state index contributed by atoms with van der Waals surface area (Å²) in [5.41, 5.74) is 1.79. The van der Waals surface area contributed by atoms with Crippen LogP contribution in [0.25, 0.3) is 0 Å². The third-order valence-corrected chi connectivity index (χ3v) is 5.57. The Morgan fingerprint density at radius 3 is 3.00 bits per heavy atom. The van der Waals surface area contributed by atoms with Crippen molar-refractivity contribution in [1.29, 1.82) is 0 Å². The molecule has 140 valence electrons. The second-order valence-electron chi connectivity index (χ2n) is 6.34. The molecule has 1 amide bonds. The second kappa shape index (κ2) is 7.94. The number of likely N-dealkylation sites (N-methyl/N-ethyl adjacent to an activating group) is 1. The number of hydrogen-bond acceptors (Lipinski definition) is 6. The maximum Gasteiger partial charge on any atom is 0.293 e. The largest absolute Gasteiger partial charge is 0.489 e. The van der Waals surface area contributed by atoms with Gasteiger partial charge in [-0.1, -0.05) is 25.1 Å². The standard InChI is InChI=1S/C20H21N3O3S/c1-2-23-10-8-16-17(12-23)27-20(21-16)22-19(24)18-14(9-11-25-18)13-26-15-6-4-3-5-7-15/h3-7,9,11H,2,8,10,12-13H2,1H3,(H,21,22,24). The summed E-state index contributed by atoms with van der Waals surface area (Å²) < 4.78 is 11.1. The number of hydrogen-bond donors (Lipinski definition) is 1. The first kappa shape index (κ1) is 17.8. The lowest BCUT2D eigenvalue weighted by Gasteiger charge is -2.23. The number of benzene rings is 1. The van der Waals surface area contributed by atoms with Gasteiger partial charge in [0.1, 0.15) is 12.4 Å². The molecule has 6 nitrogen and oxygen atoms in total. The van der Waals surface area contributed by atoms with E-state index in [1.54, 1.807) is 6.07 Å². The van der Waals surface area contributed by atoms with Gasteiger partial charge in [0, 0.05) is 30.0 Å². The minimum atomic E-state index is -0.301. The fourth-order valence-electron chi connectivity index (χ4n) is 3.05. The minimum Gasteiger partial charge on any atom is -0.489 e. The number of furan rings is 1. The van der Waals surface area contributed by atoms with Crippen molar-refractivity contribution in [2.45, 2.75) is 26.5 Å². The molecule has 0 atom stereocenters. The summed E-state index contributed by atoms with van der Waals surface area (Å²) in [5, 5.41) is 3.49. The molecule has 1 aliphatic rings. The quantitative estimate of drug-likeness (QED) is 0.698. The summed E-state index contributed by atoms with van der Waals surface area (Å²) in [6, 6.07) is 11.2. The summed E-state index contributed by atoms with van der Waals surface area (Å²) in [4.78, 5) is 20.8. The third-order valence-electron chi connectivity index (χ3n) is 4.57. The van der Waals surface area contributed by atoms with Gasteiger partial charge in [0.25, 0.3) is 5.91 Å². The number of nitrogens with one attached hydrogen (secondary N) is 1. The molecule has 3 aromatic rings. The van der Waals surface area contributed by atoms with Crippen LogP contribution < -0.4 is 10.1 Å². The highest BCUT2D eigenvalue weighted by molar-refractivity contribution is 7.15. The maximum atomic E-state index is 12.6. The molecular weight excluding hydrogens is 362 g/mol. The van der Waals surface area contributed by atoms with E-state index in [1.165, 1.54) is 22.5 Å². The summed E-state index contributed by atoms with van der Waals surface area (Å²) in [5.74, 6) is 0.706. The van der Waals surface area contributed by atoms with Gasteiger partial charge in [0.15, 0.2) is 10.9 Å². The van der Waals surface area contributed by atoms with Gasteiger partial charge in [-0.2, -0.15) is 0 Å². The Hall–Kier alpha value is -2.64. The number of nitrogens with zero attached hydrogens (tertiary/aromatic N) is 2. The third kappa shape index (κ3) is 4.04. The smallest absolute Gasteiger partial charge is 0.293 e. The first-order chi connectivity index (χ1) is 13.2. The first-order valence-electron chi connectivity index (χ1n) is 8.99. The minimum absolute atomic E-state index is 0.259. The number of anilines is 1. The number of aromatic nitrogens is 1. The van der Waals surface area contributed by atoms with Gasteiger partial charge in [-0.25, -0.2) is 4.98 Å². The fourth-order valence-corrected chi connectivity index (χ4v) is 4.10. The molecule has 27 heavy (non-hydrogen) atoms. The highest BCUT2D eigenvalue weighted by Crippen LogP contribution is 2.28. The Kier molecular flexibility index (Phi) is 5.22. The van der Waals surface area contributed by atoms with Crippen molar-refractivity contribution in [3.8, 4) is 5.75 Å². The highest BCUT2D eigenvalue weighted by atomic mass is 32.1. The molecule has 0 spiro atoms. The number of fused-ring (bicyclic) bond motifs is 1. The van der Waals surface area contributed by atoms with Crippen LogP contribution in [0.2, 0.25) is 0 Å². The monoisotopic (exact) mass is 383 g/mol. The SMILES string of the molecule is CCN1CCc2nc(NC(=O)c3occc3COc3ccccc3)sc2C1. The molecule has 0 bridgehead atoms. The summed E-state index contributed by atoms with van der Waals surface area (Å²) in [6.45, 7) is 5.36. The predicted octanol–water partition coefficient (Wildman–Crippen LogP) is 3.95. The molecule has 0 fully saturated rings. The molecule has 0 unspecified atom stereocenters. The molecule has 0 saturated heterocycles. The van der Waals surface area contributed by atoms with Crippen LogP contribution in [0.5, 0.6) is 5.75 Å². The van der Waals surface area contributed by atoms with Gasteiger partial charge in [-0.05, 0) is 24.7 Å². The number of carbonyl (C=O) groups excluding carboxylic acids is 1. The lowest BCUT2D eigenvalue weighted by atomic mass is 10.2. The van der Waals surface area contributed by atoms with Gasteiger partial charge >= 0.3 is 0 Å². The molecule has 4 rings (SSSR count). The highest BCUT2D eigenvalue weighted by Gasteiger charge is 2.22. The molecule has 0 aliphatic carbocycles. The van der Waals surface area contributed by atoms with E-state index in [-0.39, 0.29) is 18.3 Å². The van der Waals surface area contributed by atoms with Gasteiger partial charge in [0.05, 0.1) is 12.0 Å². The number of carbonyl (C=O) groups is 1. The van der Waals surface area contributed by atoms with Crippen molar-refractivity contribution >= 4 is 22.4 Å². The number of amides is 1. The van der Waals surface area contributed by atoms with Gasteiger partial charge in [0.2, 0.25) is 0 Å². The van der Waals surface area contributed by atoms with E-state index in [9.17, 15) is 4.79 Å². The Balaban J connectivity index is 1.42. The van der Waals surface area contributed by atoms with Crippen molar-refractivity contribution in [3.05, 3.63) is 64.6 Å². The van der Waals surface area contributed by atoms with Gasteiger partial charge < -0.3 is 9.15 Å². The Morgan fingerprint density at radius 1 is 1.33 bits per heavy atom. The number of ether oxygens (including phenoxy) is 1. The summed E-state index contributed by atoms with van der Waals surface area (Å²) in [6.07, 6.45) is 2.43. The van der Waals surface area contributed by atoms with Crippen molar-refractivity contribution in [2.24, 2.45) is 0 Å². The molecule has 1 aromatic carbocycles. The maximum absolute atomic E-state index is 12.6. The Labute approximate surface area is 161 Å². The van der Waals surface area contributed by atoms with Crippen LogP contribution in [0.1, 0.15) is 33.6 Å². The lowest BCUT2D eigenvalue weighted by molar-refractivity contribution is 0.0993. The average Bonchev–Trinajstić information content (AvgIpc) is 3.32. The molecular formula is C20H21N3O3S. The average molecular weight is 383 g/mol. The van der Waals surface area contributed by atoms with Crippen LogP contribution >= 0.6 is 11.3 Å². The van der Waals surface area contributed by atoms with E-state index in [1.807, 2.05) is 30.3 Å². The van der Waals surface area contributed by atoms with Gasteiger partial charge in [-0.3, -0.25) is 15.0 Å². The van der Waals surface area contributed by atoms with Crippen LogP contribution in [0.3, 0.4) is 0 Å². The molecule has 0 radical (unpaired) electrons. The van der Waals surface area contributed by atoms with Crippen molar-refractivity contribution < 1.29 is 13.9 Å². The van der Waals surface area contributed by atoms with Crippen LogP contribution in [-0.4, -0.2) is 28.9 Å². The van der Waals surface area contributed by atoms with E-state index >= 15 is 0 Å². The molecule has 0 saturated carbocycles. The van der Waals surface area contributed by atoms with E-state index in [4.69, 9.17) is 9.15 Å². The van der Waals surface area contributed by atoms with Crippen LogP contribution in [0.4, 0.5) is 5.13 Å². The van der Waals surface area contributed by atoms with Crippen LogP contribution in [0.15, 0.2) is 47.1 Å². The van der Waals surface area contributed by atoms with Gasteiger partial charge in [-0.15, -0.1) is 11.3 Å². The zero-order chi connectivity index (χ0) is 18.6. The zero-order valence-electron chi connectivity index (χ0n) is 15.1. The van der Waals surface area contributed by atoms with E-state index in [2.05, 4.69) is 22.1 Å². The van der Waals surface area contributed by atoms with Crippen LogP contribution in [-0.2, 0) is 19.6 Å². The van der Waals surface area contributed by atoms with Crippen molar-refractivity contribution in [2.75, 3.05) is 18.4 Å².